The Hall–Kier alpha value is -2.06. The largest absolute Gasteiger partial charge is 0.408 e. The van der Waals surface area contributed by atoms with E-state index in [1.165, 1.54) is 6.20 Å². The zero-order chi connectivity index (χ0) is 18.1. The lowest BCUT2D eigenvalue weighted by Crippen LogP contribution is -2.57. The summed E-state index contributed by atoms with van der Waals surface area (Å²) >= 11 is 0. The number of halogens is 3. The Morgan fingerprint density at radius 3 is 2.50 bits per heavy atom. The summed E-state index contributed by atoms with van der Waals surface area (Å²) in [5, 5.41) is 6.75. The maximum Gasteiger partial charge on any atom is 0.408 e. The summed E-state index contributed by atoms with van der Waals surface area (Å²) in [7, 11) is 0. The highest BCUT2D eigenvalue weighted by Gasteiger charge is 2.47. The second-order valence-electron chi connectivity index (χ2n) is 6.28. The molecule has 1 aliphatic heterocycles. The number of piperidine rings is 1. The molecule has 134 valence electrons. The van der Waals surface area contributed by atoms with Gasteiger partial charge in [-0.2, -0.15) is 18.3 Å². The molecule has 2 heterocycles. The van der Waals surface area contributed by atoms with Gasteiger partial charge < -0.3 is 10.2 Å². The van der Waals surface area contributed by atoms with Gasteiger partial charge in [-0.25, -0.2) is 0 Å². The van der Waals surface area contributed by atoms with E-state index in [-0.39, 0.29) is 25.4 Å². The predicted molar refractivity (Wildman–Crippen MR) is 80.3 cm³/mol. The Morgan fingerprint density at radius 1 is 1.33 bits per heavy atom. The third-order valence-corrected chi connectivity index (χ3v) is 4.09. The van der Waals surface area contributed by atoms with Gasteiger partial charge in [-0.1, -0.05) is 0 Å². The summed E-state index contributed by atoms with van der Waals surface area (Å²) in [4.78, 5) is 24.5. The molecule has 2 amide bonds. The average Bonchev–Trinajstić information content (AvgIpc) is 2.96. The van der Waals surface area contributed by atoms with Crippen LogP contribution in [-0.2, 0) is 4.79 Å². The standard InChI is InChI=1S/C15H21F3N4O2/c1-9(2)22-7-11(6-19-22)14(24)20-12-4-5-13(15(16,17)18)21(8-12)10(3)23/h6-7,9,12-13H,4-5,8H2,1-3H3,(H,20,24)/t12-,13-/m1/s1. The van der Waals surface area contributed by atoms with Gasteiger partial charge in [-0.05, 0) is 26.7 Å². The van der Waals surface area contributed by atoms with Crippen molar-refractivity contribution in [3.63, 3.8) is 0 Å². The molecular weight excluding hydrogens is 325 g/mol. The van der Waals surface area contributed by atoms with E-state index < -0.39 is 30.1 Å². The highest BCUT2D eigenvalue weighted by Crippen LogP contribution is 2.32. The fraction of sp³-hybridized carbons (Fsp3) is 0.667. The molecule has 0 unspecified atom stereocenters. The normalized spacial score (nSPS) is 21.9. The van der Waals surface area contributed by atoms with Crippen LogP contribution in [0.3, 0.4) is 0 Å². The lowest BCUT2D eigenvalue weighted by atomic mass is 9.97. The molecule has 1 aliphatic rings. The van der Waals surface area contributed by atoms with Crippen molar-refractivity contribution < 1.29 is 22.8 Å². The Balaban J connectivity index is 2.03. The summed E-state index contributed by atoms with van der Waals surface area (Å²) in [6, 6.07) is -2.20. The number of hydrogen-bond acceptors (Lipinski definition) is 3. The minimum absolute atomic E-state index is 0.0991. The van der Waals surface area contributed by atoms with E-state index in [1.54, 1.807) is 10.9 Å². The van der Waals surface area contributed by atoms with Crippen LogP contribution in [-0.4, -0.2) is 51.3 Å². The van der Waals surface area contributed by atoms with Crippen LogP contribution in [0.25, 0.3) is 0 Å². The number of hydrogen-bond donors (Lipinski definition) is 1. The lowest BCUT2D eigenvalue weighted by molar-refractivity contribution is -0.196. The first-order valence-electron chi connectivity index (χ1n) is 7.78. The summed E-state index contributed by atoms with van der Waals surface area (Å²) in [6.45, 7) is 4.79. The van der Waals surface area contributed by atoms with Crippen molar-refractivity contribution in [1.82, 2.24) is 20.0 Å². The molecule has 1 saturated heterocycles. The molecular formula is C15H21F3N4O2. The Kier molecular flexibility index (Phi) is 5.19. The fourth-order valence-corrected chi connectivity index (χ4v) is 2.78. The van der Waals surface area contributed by atoms with Gasteiger partial charge in [0.25, 0.3) is 5.91 Å². The number of nitrogens with zero attached hydrogens (tertiary/aromatic N) is 3. The van der Waals surface area contributed by atoms with Crippen LogP contribution in [0.5, 0.6) is 0 Å². The number of aromatic nitrogens is 2. The minimum Gasteiger partial charge on any atom is -0.347 e. The number of nitrogens with one attached hydrogen (secondary N) is 1. The molecule has 1 aromatic heterocycles. The first kappa shape index (κ1) is 18.3. The van der Waals surface area contributed by atoms with E-state index in [9.17, 15) is 22.8 Å². The van der Waals surface area contributed by atoms with E-state index in [1.807, 2.05) is 13.8 Å². The third-order valence-electron chi connectivity index (χ3n) is 4.09. The third kappa shape index (κ3) is 4.07. The van der Waals surface area contributed by atoms with Crippen LogP contribution in [0.15, 0.2) is 12.4 Å². The molecule has 0 aromatic carbocycles. The average molecular weight is 346 g/mol. The highest BCUT2D eigenvalue weighted by atomic mass is 19.4. The maximum atomic E-state index is 13.0. The van der Waals surface area contributed by atoms with E-state index >= 15 is 0 Å². The summed E-state index contributed by atoms with van der Waals surface area (Å²) in [5.41, 5.74) is 0.344. The van der Waals surface area contributed by atoms with E-state index in [2.05, 4.69) is 10.4 Å². The first-order chi connectivity index (χ1) is 11.1. The van der Waals surface area contributed by atoms with E-state index in [4.69, 9.17) is 0 Å². The van der Waals surface area contributed by atoms with Crippen LogP contribution in [0.1, 0.15) is 50.0 Å². The van der Waals surface area contributed by atoms with Crippen molar-refractivity contribution in [2.75, 3.05) is 6.54 Å². The van der Waals surface area contributed by atoms with Gasteiger partial charge in [0, 0.05) is 31.7 Å². The molecule has 1 fully saturated rings. The number of carbonyl (C=O) groups is 2. The zero-order valence-electron chi connectivity index (χ0n) is 13.8. The van der Waals surface area contributed by atoms with Crippen molar-refractivity contribution in [3.05, 3.63) is 18.0 Å². The van der Waals surface area contributed by atoms with Crippen LogP contribution in [0.2, 0.25) is 0 Å². The van der Waals surface area contributed by atoms with Gasteiger partial charge in [0.05, 0.1) is 11.8 Å². The van der Waals surface area contributed by atoms with Crippen molar-refractivity contribution in [1.29, 1.82) is 0 Å². The van der Waals surface area contributed by atoms with Crippen LogP contribution in [0, 0.1) is 0 Å². The van der Waals surface area contributed by atoms with E-state index in [0.717, 1.165) is 11.8 Å². The Bertz CT molecular complexity index is 612. The predicted octanol–water partition coefficient (Wildman–Crippen LogP) is 2.14. The minimum atomic E-state index is -4.46. The molecule has 2 rings (SSSR count). The van der Waals surface area contributed by atoms with Gasteiger partial charge in [-0.15, -0.1) is 0 Å². The van der Waals surface area contributed by atoms with Gasteiger partial charge >= 0.3 is 6.18 Å². The molecule has 0 aliphatic carbocycles. The highest BCUT2D eigenvalue weighted by molar-refractivity contribution is 5.94. The molecule has 6 nitrogen and oxygen atoms in total. The monoisotopic (exact) mass is 346 g/mol. The van der Waals surface area contributed by atoms with Crippen molar-refractivity contribution in [2.45, 2.75) is 57.9 Å². The quantitative estimate of drug-likeness (QED) is 0.912. The second kappa shape index (κ2) is 6.82. The number of carbonyl (C=O) groups excluding carboxylic acids is 2. The number of amides is 2. The van der Waals surface area contributed by atoms with E-state index in [0.29, 0.717) is 5.56 Å². The van der Waals surface area contributed by atoms with Gasteiger partial charge in [0.15, 0.2) is 0 Å². The Morgan fingerprint density at radius 2 is 2.00 bits per heavy atom. The molecule has 0 saturated carbocycles. The van der Waals surface area contributed by atoms with Gasteiger partial charge in [0.2, 0.25) is 5.91 Å². The van der Waals surface area contributed by atoms with Crippen LogP contribution < -0.4 is 5.32 Å². The summed E-state index contributed by atoms with van der Waals surface area (Å²) < 4.78 is 40.6. The first-order valence-corrected chi connectivity index (χ1v) is 7.78. The SMILES string of the molecule is CC(=O)N1C[C@H](NC(=O)c2cnn(C(C)C)c2)CC[C@@H]1C(F)(F)F. The number of alkyl halides is 3. The summed E-state index contributed by atoms with van der Waals surface area (Å²) in [5.74, 6) is -1.05. The number of likely N-dealkylation sites (tertiary alicyclic amines) is 1. The molecule has 0 radical (unpaired) electrons. The van der Waals surface area contributed by atoms with Crippen molar-refractivity contribution in [3.8, 4) is 0 Å². The van der Waals surface area contributed by atoms with Crippen LogP contribution in [0.4, 0.5) is 13.2 Å². The van der Waals surface area contributed by atoms with Crippen molar-refractivity contribution in [2.24, 2.45) is 0 Å². The molecule has 1 aromatic rings. The zero-order valence-corrected chi connectivity index (χ0v) is 13.8. The number of rotatable bonds is 3. The maximum absolute atomic E-state index is 13.0. The van der Waals surface area contributed by atoms with Gasteiger partial charge in [-0.3, -0.25) is 14.3 Å². The fourth-order valence-electron chi connectivity index (χ4n) is 2.78. The second-order valence-corrected chi connectivity index (χ2v) is 6.28. The molecule has 0 spiro atoms. The topological polar surface area (TPSA) is 67.2 Å². The molecule has 9 heteroatoms. The summed E-state index contributed by atoms with van der Waals surface area (Å²) in [6.07, 6.45) is -1.51. The molecule has 2 atom stereocenters. The van der Waals surface area contributed by atoms with Gasteiger partial charge in [0.1, 0.15) is 6.04 Å². The van der Waals surface area contributed by atoms with Crippen LogP contribution >= 0.6 is 0 Å². The molecule has 24 heavy (non-hydrogen) atoms. The molecule has 0 bridgehead atoms. The molecule has 1 N–H and O–H groups in total. The lowest BCUT2D eigenvalue weighted by Gasteiger charge is -2.40. The smallest absolute Gasteiger partial charge is 0.347 e. The van der Waals surface area contributed by atoms with Crippen molar-refractivity contribution >= 4 is 11.8 Å². The Labute approximate surface area is 138 Å².